The molecule has 1 atom stereocenters. The molecule has 0 aromatic heterocycles. The molecule has 0 aliphatic rings. The van der Waals surface area contributed by atoms with Crippen LogP contribution in [0, 0.1) is 5.92 Å². The molecule has 0 saturated carbocycles. The number of hydrogen-bond donors (Lipinski definition) is 1. The first-order chi connectivity index (χ1) is 6.41. The zero-order chi connectivity index (χ0) is 11.2. The number of sulfone groups is 1. The highest BCUT2D eigenvalue weighted by Crippen LogP contribution is 2.04. The largest absolute Gasteiger partial charge is 0.376 e. The van der Waals surface area contributed by atoms with E-state index >= 15 is 0 Å². The Labute approximate surface area is 86.7 Å². The summed E-state index contributed by atoms with van der Waals surface area (Å²) in [6.07, 6.45) is -0.358. The van der Waals surface area contributed by atoms with Crippen LogP contribution in [-0.4, -0.2) is 39.2 Å². The number of nitrogens with two attached hydrogens (primary N) is 1. The van der Waals surface area contributed by atoms with Gasteiger partial charge in [-0.3, -0.25) is 0 Å². The lowest BCUT2D eigenvalue weighted by molar-refractivity contribution is 0.0846. The Morgan fingerprint density at radius 2 is 1.86 bits per heavy atom. The molecule has 2 N–H and O–H groups in total. The second-order valence-electron chi connectivity index (χ2n) is 3.78. The Morgan fingerprint density at radius 3 is 2.21 bits per heavy atom. The SMILES string of the molecule is CCOC(CN)CS(=O)(=O)CC(C)C. The maximum atomic E-state index is 11.5. The summed E-state index contributed by atoms with van der Waals surface area (Å²) in [6, 6.07) is 0. The Morgan fingerprint density at radius 1 is 1.29 bits per heavy atom. The van der Waals surface area contributed by atoms with Crippen LogP contribution in [0.5, 0.6) is 0 Å². The molecule has 5 heteroatoms. The fourth-order valence-electron chi connectivity index (χ4n) is 1.28. The van der Waals surface area contributed by atoms with E-state index in [0.717, 1.165) is 0 Å². The van der Waals surface area contributed by atoms with Crippen molar-refractivity contribution in [2.75, 3.05) is 24.7 Å². The zero-order valence-corrected chi connectivity index (χ0v) is 10.0. The third-order valence-corrected chi connectivity index (χ3v) is 3.75. The van der Waals surface area contributed by atoms with Gasteiger partial charge in [0.05, 0.1) is 17.6 Å². The van der Waals surface area contributed by atoms with Crippen LogP contribution in [0.25, 0.3) is 0 Å². The van der Waals surface area contributed by atoms with E-state index in [1.807, 2.05) is 20.8 Å². The quantitative estimate of drug-likeness (QED) is 0.679. The van der Waals surface area contributed by atoms with E-state index in [-0.39, 0.29) is 30.1 Å². The molecule has 4 nitrogen and oxygen atoms in total. The van der Waals surface area contributed by atoms with Gasteiger partial charge in [0.25, 0.3) is 0 Å². The smallest absolute Gasteiger partial charge is 0.153 e. The van der Waals surface area contributed by atoms with Crippen molar-refractivity contribution < 1.29 is 13.2 Å². The maximum Gasteiger partial charge on any atom is 0.153 e. The summed E-state index contributed by atoms with van der Waals surface area (Å²) in [5.74, 6) is 0.395. The summed E-state index contributed by atoms with van der Waals surface area (Å²) < 4.78 is 28.3. The molecule has 0 amide bonds. The van der Waals surface area contributed by atoms with Crippen LogP contribution in [-0.2, 0) is 14.6 Å². The van der Waals surface area contributed by atoms with E-state index in [0.29, 0.717) is 6.61 Å². The van der Waals surface area contributed by atoms with Crippen molar-refractivity contribution in [1.29, 1.82) is 0 Å². The molecule has 0 bridgehead atoms. The lowest BCUT2D eigenvalue weighted by Crippen LogP contribution is -2.33. The highest BCUT2D eigenvalue weighted by molar-refractivity contribution is 7.91. The van der Waals surface area contributed by atoms with E-state index in [2.05, 4.69) is 0 Å². The van der Waals surface area contributed by atoms with Crippen molar-refractivity contribution in [1.82, 2.24) is 0 Å². The minimum Gasteiger partial charge on any atom is -0.376 e. The molecule has 0 aliphatic carbocycles. The van der Waals surface area contributed by atoms with Gasteiger partial charge in [0, 0.05) is 13.2 Å². The van der Waals surface area contributed by atoms with Gasteiger partial charge >= 0.3 is 0 Å². The van der Waals surface area contributed by atoms with E-state index in [9.17, 15) is 8.42 Å². The third-order valence-electron chi connectivity index (χ3n) is 1.69. The molecule has 14 heavy (non-hydrogen) atoms. The maximum absolute atomic E-state index is 11.5. The first kappa shape index (κ1) is 13.9. The first-order valence-electron chi connectivity index (χ1n) is 4.93. The molecule has 0 aromatic carbocycles. The van der Waals surface area contributed by atoms with Crippen LogP contribution in [0.3, 0.4) is 0 Å². The van der Waals surface area contributed by atoms with Gasteiger partial charge in [0.2, 0.25) is 0 Å². The van der Waals surface area contributed by atoms with Crippen LogP contribution in [0.2, 0.25) is 0 Å². The second-order valence-corrected chi connectivity index (χ2v) is 5.94. The minimum absolute atomic E-state index is 0.0372. The van der Waals surface area contributed by atoms with Crippen LogP contribution in [0.4, 0.5) is 0 Å². The Balaban J connectivity index is 4.18. The summed E-state index contributed by atoms with van der Waals surface area (Å²) in [5.41, 5.74) is 5.41. The lowest BCUT2D eigenvalue weighted by atomic mass is 10.3. The lowest BCUT2D eigenvalue weighted by Gasteiger charge is -2.15. The molecule has 0 fully saturated rings. The topological polar surface area (TPSA) is 69.4 Å². The van der Waals surface area contributed by atoms with Gasteiger partial charge in [-0.1, -0.05) is 13.8 Å². The molecule has 86 valence electrons. The number of rotatable bonds is 7. The number of ether oxygens (including phenoxy) is 1. The molecule has 0 aliphatic heterocycles. The Hall–Kier alpha value is -0.130. The Bertz CT molecular complexity index is 236. The van der Waals surface area contributed by atoms with Crippen molar-refractivity contribution >= 4 is 9.84 Å². The van der Waals surface area contributed by atoms with E-state index in [1.54, 1.807) is 0 Å². The van der Waals surface area contributed by atoms with Crippen molar-refractivity contribution in [2.45, 2.75) is 26.9 Å². The zero-order valence-electron chi connectivity index (χ0n) is 9.19. The minimum atomic E-state index is -3.02. The van der Waals surface area contributed by atoms with Gasteiger partial charge < -0.3 is 10.5 Å². The van der Waals surface area contributed by atoms with Gasteiger partial charge in [-0.05, 0) is 12.8 Å². The average molecular weight is 223 g/mol. The molecule has 0 rings (SSSR count). The Kier molecular flexibility index (Phi) is 6.31. The van der Waals surface area contributed by atoms with Gasteiger partial charge in [0.15, 0.2) is 9.84 Å². The standard InChI is InChI=1S/C9H21NO3S/c1-4-13-9(5-10)7-14(11,12)6-8(2)3/h8-9H,4-7,10H2,1-3H3. The normalized spacial score (nSPS) is 14.6. The highest BCUT2D eigenvalue weighted by atomic mass is 32.2. The molecule has 0 spiro atoms. The molecule has 0 radical (unpaired) electrons. The molecule has 0 heterocycles. The summed E-state index contributed by atoms with van der Waals surface area (Å²) >= 11 is 0. The monoisotopic (exact) mass is 223 g/mol. The highest BCUT2D eigenvalue weighted by Gasteiger charge is 2.19. The predicted molar refractivity (Wildman–Crippen MR) is 58.0 cm³/mol. The van der Waals surface area contributed by atoms with Gasteiger partial charge in [-0.2, -0.15) is 0 Å². The third kappa shape index (κ3) is 6.34. The molecule has 1 unspecified atom stereocenters. The average Bonchev–Trinajstić information content (AvgIpc) is 2.00. The van der Waals surface area contributed by atoms with Crippen LogP contribution in [0.15, 0.2) is 0 Å². The fourth-order valence-corrected chi connectivity index (χ4v) is 3.23. The molecular formula is C9H21NO3S. The van der Waals surface area contributed by atoms with E-state index in [1.165, 1.54) is 0 Å². The molecule has 0 saturated heterocycles. The van der Waals surface area contributed by atoms with Crippen LogP contribution >= 0.6 is 0 Å². The van der Waals surface area contributed by atoms with Crippen molar-refractivity contribution in [3.63, 3.8) is 0 Å². The predicted octanol–water partition coefficient (Wildman–Crippen LogP) is 0.421. The van der Waals surface area contributed by atoms with Crippen molar-refractivity contribution in [2.24, 2.45) is 11.7 Å². The summed E-state index contributed by atoms with van der Waals surface area (Å²) in [4.78, 5) is 0. The van der Waals surface area contributed by atoms with Crippen LogP contribution in [0.1, 0.15) is 20.8 Å². The second kappa shape index (κ2) is 6.37. The first-order valence-corrected chi connectivity index (χ1v) is 6.75. The van der Waals surface area contributed by atoms with Gasteiger partial charge in [-0.15, -0.1) is 0 Å². The summed E-state index contributed by atoms with van der Waals surface area (Å²) in [6.45, 7) is 6.35. The van der Waals surface area contributed by atoms with E-state index < -0.39 is 9.84 Å². The van der Waals surface area contributed by atoms with Crippen molar-refractivity contribution in [3.05, 3.63) is 0 Å². The summed E-state index contributed by atoms with van der Waals surface area (Å²) in [5, 5.41) is 0. The van der Waals surface area contributed by atoms with E-state index in [4.69, 9.17) is 10.5 Å². The van der Waals surface area contributed by atoms with Crippen LogP contribution < -0.4 is 5.73 Å². The number of hydrogen-bond acceptors (Lipinski definition) is 4. The molecular weight excluding hydrogens is 202 g/mol. The van der Waals surface area contributed by atoms with Gasteiger partial charge in [0.1, 0.15) is 0 Å². The van der Waals surface area contributed by atoms with Gasteiger partial charge in [-0.25, -0.2) is 8.42 Å². The molecule has 0 aromatic rings. The van der Waals surface area contributed by atoms with Crippen molar-refractivity contribution in [3.8, 4) is 0 Å². The summed E-state index contributed by atoms with van der Waals surface area (Å²) in [7, 11) is -3.02. The fraction of sp³-hybridized carbons (Fsp3) is 1.00.